The molecule has 0 aliphatic carbocycles. The van der Waals surface area contributed by atoms with E-state index in [0.717, 1.165) is 43.8 Å². The Morgan fingerprint density at radius 1 is 1.28 bits per heavy atom. The van der Waals surface area contributed by atoms with Crippen molar-refractivity contribution in [1.29, 1.82) is 0 Å². The molecule has 0 saturated carbocycles. The molecule has 18 heavy (non-hydrogen) atoms. The lowest BCUT2D eigenvalue weighted by atomic mass is 9.97. The number of benzene rings is 1. The van der Waals surface area contributed by atoms with Gasteiger partial charge in [-0.05, 0) is 24.8 Å². The van der Waals surface area contributed by atoms with E-state index in [9.17, 15) is 5.11 Å². The van der Waals surface area contributed by atoms with Gasteiger partial charge >= 0.3 is 0 Å². The van der Waals surface area contributed by atoms with Crippen molar-refractivity contribution in [3.63, 3.8) is 0 Å². The molecule has 1 N–H and O–H groups in total. The molecule has 0 amide bonds. The summed E-state index contributed by atoms with van der Waals surface area (Å²) in [6.45, 7) is 1.57. The molecule has 1 aromatic rings. The fraction of sp³-hybridized carbons (Fsp3) is 0.600. The molecule has 2 atom stereocenters. The topological polar surface area (TPSA) is 38.7 Å². The van der Waals surface area contributed by atoms with Crippen molar-refractivity contribution in [2.75, 3.05) is 13.2 Å². The Balaban J connectivity index is 1.72. The predicted molar refractivity (Wildman–Crippen MR) is 68.8 cm³/mol. The second-order valence-electron chi connectivity index (χ2n) is 5.17. The summed E-state index contributed by atoms with van der Waals surface area (Å²) in [7, 11) is 0. The van der Waals surface area contributed by atoms with Crippen molar-refractivity contribution in [3.8, 4) is 5.75 Å². The minimum Gasteiger partial charge on any atom is -0.493 e. The summed E-state index contributed by atoms with van der Waals surface area (Å²) in [5.74, 6) is 0.904. The number of hydrogen-bond acceptors (Lipinski definition) is 3. The Bertz CT molecular complexity index is 410. The first-order chi connectivity index (χ1) is 8.84. The van der Waals surface area contributed by atoms with Gasteiger partial charge in [-0.15, -0.1) is 0 Å². The first kappa shape index (κ1) is 12.0. The number of ether oxygens (including phenoxy) is 2. The molecule has 1 saturated heterocycles. The first-order valence-corrected chi connectivity index (χ1v) is 6.89. The van der Waals surface area contributed by atoms with Crippen LogP contribution in [0.3, 0.4) is 0 Å². The van der Waals surface area contributed by atoms with Gasteiger partial charge in [-0.1, -0.05) is 18.2 Å². The monoisotopic (exact) mass is 248 g/mol. The van der Waals surface area contributed by atoms with Crippen LogP contribution < -0.4 is 4.74 Å². The van der Waals surface area contributed by atoms with Crippen molar-refractivity contribution >= 4 is 0 Å². The summed E-state index contributed by atoms with van der Waals surface area (Å²) in [4.78, 5) is 0. The van der Waals surface area contributed by atoms with Gasteiger partial charge in [0.2, 0.25) is 0 Å². The number of rotatable bonds is 3. The van der Waals surface area contributed by atoms with E-state index in [1.807, 2.05) is 12.1 Å². The van der Waals surface area contributed by atoms with E-state index in [1.54, 1.807) is 0 Å². The lowest BCUT2D eigenvalue weighted by Crippen LogP contribution is -2.21. The average molecular weight is 248 g/mol. The van der Waals surface area contributed by atoms with Gasteiger partial charge in [-0.3, -0.25) is 0 Å². The summed E-state index contributed by atoms with van der Waals surface area (Å²) in [6, 6.07) is 6.06. The standard InChI is InChI=1S/C15H20O3/c16-14(10-12-5-1-2-8-17-12)13-6-3-4-11-7-9-18-15(11)13/h3-4,6,12,14,16H,1-2,5,7-10H2. The van der Waals surface area contributed by atoms with Gasteiger partial charge in [0.25, 0.3) is 0 Å². The summed E-state index contributed by atoms with van der Waals surface area (Å²) in [6.07, 6.45) is 4.78. The van der Waals surface area contributed by atoms with E-state index in [2.05, 4.69) is 6.07 Å². The molecule has 2 heterocycles. The van der Waals surface area contributed by atoms with Crippen LogP contribution in [0.25, 0.3) is 0 Å². The lowest BCUT2D eigenvalue weighted by Gasteiger charge is -2.25. The maximum absolute atomic E-state index is 10.4. The highest BCUT2D eigenvalue weighted by Crippen LogP contribution is 2.36. The Hall–Kier alpha value is -1.06. The number of para-hydroxylation sites is 1. The zero-order valence-corrected chi connectivity index (χ0v) is 10.6. The zero-order chi connectivity index (χ0) is 12.4. The van der Waals surface area contributed by atoms with Gasteiger partial charge in [0.1, 0.15) is 5.75 Å². The Morgan fingerprint density at radius 2 is 2.22 bits per heavy atom. The van der Waals surface area contributed by atoms with Crippen LogP contribution in [0.1, 0.15) is 42.9 Å². The van der Waals surface area contributed by atoms with E-state index < -0.39 is 6.10 Å². The third-order valence-electron chi connectivity index (χ3n) is 3.86. The molecule has 0 aromatic heterocycles. The third-order valence-corrected chi connectivity index (χ3v) is 3.86. The van der Waals surface area contributed by atoms with Crippen molar-refractivity contribution in [3.05, 3.63) is 29.3 Å². The van der Waals surface area contributed by atoms with Crippen molar-refractivity contribution < 1.29 is 14.6 Å². The first-order valence-electron chi connectivity index (χ1n) is 6.89. The molecule has 0 spiro atoms. The molecule has 2 aliphatic rings. The van der Waals surface area contributed by atoms with Gasteiger partial charge < -0.3 is 14.6 Å². The largest absolute Gasteiger partial charge is 0.493 e. The van der Waals surface area contributed by atoms with Gasteiger partial charge in [-0.2, -0.15) is 0 Å². The molecule has 0 bridgehead atoms. The molecule has 3 nitrogen and oxygen atoms in total. The minimum atomic E-state index is -0.471. The second-order valence-corrected chi connectivity index (χ2v) is 5.17. The van der Waals surface area contributed by atoms with Gasteiger partial charge in [0, 0.05) is 25.0 Å². The lowest BCUT2D eigenvalue weighted by molar-refractivity contribution is -0.0158. The second kappa shape index (κ2) is 5.29. The van der Waals surface area contributed by atoms with Crippen LogP contribution in [-0.2, 0) is 11.2 Å². The minimum absolute atomic E-state index is 0.200. The van der Waals surface area contributed by atoms with Crippen LogP contribution in [-0.4, -0.2) is 24.4 Å². The van der Waals surface area contributed by atoms with E-state index in [0.29, 0.717) is 6.42 Å². The van der Waals surface area contributed by atoms with Gasteiger partial charge in [0.05, 0.1) is 18.8 Å². The highest BCUT2D eigenvalue weighted by Gasteiger charge is 2.24. The maximum Gasteiger partial charge on any atom is 0.128 e. The highest BCUT2D eigenvalue weighted by molar-refractivity contribution is 5.45. The van der Waals surface area contributed by atoms with Crippen LogP contribution >= 0.6 is 0 Å². The zero-order valence-electron chi connectivity index (χ0n) is 10.6. The van der Waals surface area contributed by atoms with Crippen LogP contribution in [0.2, 0.25) is 0 Å². The highest BCUT2D eigenvalue weighted by atomic mass is 16.5. The Kier molecular flexibility index (Phi) is 3.52. The van der Waals surface area contributed by atoms with E-state index >= 15 is 0 Å². The van der Waals surface area contributed by atoms with Crippen LogP contribution in [0, 0.1) is 0 Å². The molecule has 3 heteroatoms. The fourth-order valence-corrected chi connectivity index (χ4v) is 2.87. The predicted octanol–water partition coefficient (Wildman–Crippen LogP) is 2.61. The van der Waals surface area contributed by atoms with E-state index in [1.165, 1.54) is 12.0 Å². The third kappa shape index (κ3) is 2.38. The number of aliphatic hydroxyl groups excluding tert-OH is 1. The van der Waals surface area contributed by atoms with Crippen molar-refractivity contribution in [1.82, 2.24) is 0 Å². The summed E-state index contributed by atoms with van der Waals surface area (Å²) >= 11 is 0. The fourth-order valence-electron chi connectivity index (χ4n) is 2.87. The molecule has 98 valence electrons. The quantitative estimate of drug-likeness (QED) is 0.893. The SMILES string of the molecule is OC(CC1CCCCO1)c1cccc2c1OCC2. The van der Waals surface area contributed by atoms with E-state index in [4.69, 9.17) is 9.47 Å². The number of hydrogen-bond donors (Lipinski definition) is 1. The molecule has 3 rings (SSSR count). The van der Waals surface area contributed by atoms with Gasteiger partial charge in [-0.25, -0.2) is 0 Å². The smallest absolute Gasteiger partial charge is 0.128 e. The molecule has 1 aromatic carbocycles. The van der Waals surface area contributed by atoms with Crippen LogP contribution in [0.4, 0.5) is 0 Å². The van der Waals surface area contributed by atoms with Gasteiger partial charge in [0.15, 0.2) is 0 Å². The number of fused-ring (bicyclic) bond motifs is 1. The maximum atomic E-state index is 10.4. The molecular formula is C15H20O3. The summed E-state index contributed by atoms with van der Waals surface area (Å²) in [5, 5.41) is 10.4. The molecule has 1 fully saturated rings. The van der Waals surface area contributed by atoms with Crippen molar-refractivity contribution in [2.45, 2.75) is 44.3 Å². The summed E-state index contributed by atoms with van der Waals surface area (Å²) in [5.41, 5.74) is 2.15. The van der Waals surface area contributed by atoms with Crippen LogP contribution in [0.5, 0.6) is 5.75 Å². The molecule has 0 radical (unpaired) electrons. The molecule has 2 unspecified atom stereocenters. The molecule has 2 aliphatic heterocycles. The summed E-state index contributed by atoms with van der Waals surface area (Å²) < 4.78 is 11.3. The average Bonchev–Trinajstić information content (AvgIpc) is 2.87. The van der Waals surface area contributed by atoms with Crippen LogP contribution in [0.15, 0.2) is 18.2 Å². The van der Waals surface area contributed by atoms with Crippen molar-refractivity contribution in [2.24, 2.45) is 0 Å². The Labute approximate surface area is 108 Å². The molecular weight excluding hydrogens is 228 g/mol. The normalized spacial score (nSPS) is 24.4. The number of aliphatic hydroxyl groups is 1. The Morgan fingerprint density at radius 3 is 3.06 bits per heavy atom. The van der Waals surface area contributed by atoms with E-state index in [-0.39, 0.29) is 6.10 Å².